The quantitative estimate of drug-likeness (QED) is 0.741. The first kappa shape index (κ1) is 15.1. The van der Waals surface area contributed by atoms with Crippen molar-refractivity contribution >= 4 is 10.9 Å². The number of rotatable bonds is 4. The molecule has 3 aromatic rings. The Morgan fingerprint density at radius 3 is 2.57 bits per heavy atom. The Morgan fingerprint density at radius 1 is 1.04 bits per heavy atom. The van der Waals surface area contributed by atoms with Crippen molar-refractivity contribution in [2.45, 2.75) is 13.3 Å². The van der Waals surface area contributed by atoms with Crippen molar-refractivity contribution < 1.29 is 13.9 Å². The van der Waals surface area contributed by atoms with Crippen LogP contribution in [-0.2, 0) is 6.42 Å². The van der Waals surface area contributed by atoms with Crippen molar-refractivity contribution in [1.82, 2.24) is 4.98 Å². The SMILES string of the molecule is COc1ccc(Cc2nc3ccc(C)cc3c(=O)o2)cc1OC. The highest BCUT2D eigenvalue weighted by molar-refractivity contribution is 5.77. The average Bonchev–Trinajstić information content (AvgIpc) is 2.55. The van der Waals surface area contributed by atoms with E-state index in [9.17, 15) is 4.79 Å². The summed E-state index contributed by atoms with van der Waals surface area (Å²) in [5.74, 6) is 1.65. The van der Waals surface area contributed by atoms with Gasteiger partial charge in [-0.2, -0.15) is 0 Å². The van der Waals surface area contributed by atoms with Crippen molar-refractivity contribution in [3.8, 4) is 11.5 Å². The smallest absolute Gasteiger partial charge is 0.346 e. The summed E-state index contributed by atoms with van der Waals surface area (Å²) >= 11 is 0. The van der Waals surface area contributed by atoms with Crippen molar-refractivity contribution in [2.24, 2.45) is 0 Å². The summed E-state index contributed by atoms with van der Waals surface area (Å²) in [7, 11) is 3.17. The molecular weight excluding hydrogens is 294 g/mol. The van der Waals surface area contributed by atoms with E-state index in [1.165, 1.54) is 0 Å². The van der Waals surface area contributed by atoms with Crippen LogP contribution in [0.1, 0.15) is 17.0 Å². The number of methoxy groups -OCH3 is 2. The highest BCUT2D eigenvalue weighted by Crippen LogP contribution is 2.28. The maximum absolute atomic E-state index is 12.1. The van der Waals surface area contributed by atoms with Crippen LogP contribution in [0, 0.1) is 6.92 Å². The first-order chi connectivity index (χ1) is 11.1. The molecule has 0 saturated heterocycles. The lowest BCUT2D eigenvalue weighted by Gasteiger charge is -2.09. The minimum atomic E-state index is -0.367. The Balaban J connectivity index is 1.98. The van der Waals surface area contributed by atoms with Crippen LogP contribution in [0.5, 0.6) is 11.5 Å². The number of aryl methyl sites for hydroxylation is 1. The Kier molecular flexibility index (Phi) is 4.02. The molecule has 0 atom stereocenters. The lowest BCUT2D eigenvalue weighted by Crippen LogP contribution is -2.06. The van der Waals surface area contributed by atoms with Gasteiger partial charge in [-0.3, -0.25) is 0 Å². The van der Waals surface area contributed by atoms with E-state index in [1.54, 1.807) is 20.3 Å². The molecule has 0 radical (unpaired) electrons. The minimum Gasteiger partial charge on any atom is -0.493 e. The lowest BCUT2D eigenvalue weighted by atomic mass is 10.1. The number of aromatic nitrogens is 1. The summed E-state index contributed by atoms with van der Waals surface area (Å²) in [5, 5.41) is 0.501. The minimum absolute atomic E-state index is 0.367. The number of benzene rings is 2. The summed E-state index contributed by atoms with van der Waals surface area (Å²) in [5.41, 5.74) is 2.19. The molecule has 0 aliphatic heterocycles. The molecule has 0 aliphatic rings. The largest absolute Gasteiger partial charge is 0.493 e. The van der Waals surface area contributed by atoms with Gasteiger partial charge in [0.15, 0.2) is 11.5 Å². The number of hydrogen-bond acceptors (Lipinski definition) is 5. The van der Waals surface area contributed by atoms with Crippen LogP contribution in [0.15, 0.2) is 45.6 Å². The van der Waals surface area contributed by atoms with Crippen LogP contribution in [0.3, 0.4) is 0 Å². The van der Waals surface area contributed by atoms with E-state index in [0.717, 1.165) is 11.1 Å². The highest BCUT2D eigenvalue weighted by Gasteiger charge is 2.10. The van der Waals surface area contributed by atoms with Crippen molar-refractivity contribution in [1.29, 1.82) is 0 Å². The normalized spacial score (nSPS) is 10.7. The Hall–Kier alpha value is -2.82. The van der Waals surface area contributed by atoms with Crippen LogP contribution in [0.2, 0.25) is 0 Å². The van der Waals surface area contributed by atoms with Crippen LogP contribution in [0.25, 0.3) is 10.9 Å². The second-order valence-corrected chi connectivity index (χ2v) is 5.28. The zero-order valence-corrected chi connectivity index (χ0v) is 13.3. The van der Waals surface area contributed by atoms with Gasteiger partial charge in [0, 0.05) is 6.42 Å². The molecule has 0 saturated carbocycles. The highest BCUT2D eigenvalue weighted by atomic mass is 16.5. The number of ether oxygens (including phenoxy) is 2. The van der Waals surface area contributed by atoms with E-state index >= 15 is 0 Å². The Labute approximate surface area is 133 Å². The van der Waals surface area contributed by atoms with Crippen LogP contribution in [0.4, 0.5) is 0 Å². The molecule has 0 N–H and O–H groups in total. The van der Waals surface area contributed by atoms with Crippen LogP contribution >= 0.6 is 0 Å². The summed E-state index contributed by atoms with van der Waals surface area (Å²) in [6.07, 6.45) is 0.402. The standard InChI is InChI=1S/C18H17NO4/c1-11-4-6-14-13(8-11)18(20)23-17(19-14)10-12-5-7-15(21-2)16(9-12)22-3/h4-9H,10H2,1-3H3. The van der Waals surface area contributed by atoms with Gasteiger partial charge in [0.05, 0.1) is 25.1 Å². The molecule has 0 bridgehead atoms. The van der Waals surface area contributed by atoms with Gasteiger partial charge in [0.1, 0.15) is 0 Å². The van der Waals surface area contributed by atoms with E-state index in [0.29, 0.717) is 34.7 Å². The second-order valence-electron chi connectivity index (χ2n) is 5.28. The number of hydrogen-bond donors (Lipinski definition) is 0. The first-order valence-electron chi connectivity index (χ1n) is 7.22. The molecule has 1 heterocycles. The molecule has 5 heteroatoms. The van der Waals surface area contributed by atoms with E-state index in [-0.39, 0.29) is 5.63 Å². The molecule has 118 valence electrons. The fraction of sp³-hybridized carbons (Fsp3) is 0.222. The molecule has 5 nitrogen and oxygen atoms in total. The molecule has 0 spiro atoms. The fourth-order valence-corrected chi connectivity index (χ4v) is 2.47. The first-order valence-corrected chi connectivity index (χ1v) is 7.22. The molecule has 0 unspecified atom stereocenters. The summed E-state index contributed by atoms with van der Waals surface area (Å²) in [4.78, 5) is 16.5. The third-order valence-electron chi connectivity index (χ3n) is 3.63. The maximum Gasteiger partial charge on any atom is 0.346 e. The van der Waals surface area contributed by atoms with Gasteiger partial charge in [0.25, 0.3) is 0 Å². The molecule has 0 aliphatic carbocycles. The molecule has 0 amide bonds. The van der Waals surface area contributed by atoms with Crippen LogP contribution in [-0.4, -0.2) is 19.2 Å². The summed E-state index contributed by atoms with van der Waals surface area (Å²) < 4.78 is 15.8. The van der Waals surface area contributed by atoms with Gasteiger partial charge in [-0.05, 0) is 36.8 Å². The van der Waals surface area contributed by atoms with Gasteiger partial charge >= 0.3 is 5.63 Å². The van der Waals surface area contributed by atoms with Crippen molar-refractivity contribution in [3.05, 3.63) is 63.8 Å². The van der Waals surface area contributed by atoms with E-state index in [4.69, 9.17) is 13.9 Å². The summed E-state index contributed by atoms with van der Waals surface area (Å²) in [6, 6.07) is 11.1. The zero-order chi connectivity index (χ0) is 16.4. The predicted octanol–water partition coefficient (Wildman–Crippen LogP) is 3.10. The average molecular weight is 311 g/mol. The molecule has 2 aromatic carbocycles. The lowest BCUT2D eigenvalue weighted by molar-refractivity contribution is 0.354. The van der Waals surface area contributed by atoms with Crippen LogP contribution < -0.4 is 15.1 Å². The van der Waals surface area contributed by atoms with Gasteiger partial charge in [-0.1, -0.05) is 17.7 Å². The Morgan fingerprint density at radius 2 is 1.83 bits per heavy atom. The van der Waals surface area contributed by atoms with Gasteiger partial charge < -0.3 is 13.9 Å². The molecule has 0 fully saturated rings. The topological polar surface area (TPSA) is 61.6 Å². The molecular formula is C18H17NO4. The number of nitrogens with zero attached hydrogens (tertiary/aromatic N) is 1. The summed E-state index contributed by atoms with van der Waals surface area (Å²) in [6.45, 7) is 1.93. The second kappa shape index (κ2) is 6.12. The third kappa shape index (κ3) is 3.04. The van der Waals surface area contributed by atoms with Gasteiger partial charge in [-0.15, -0.1) is 0 Å². The fourth-order valence-electron chi connectivity index (χ4n) is 2.47. The van der Waals surface area contributed by atoms with E-state index in [2.05, 4.69) is 4.98 Å². The van der Waals surface area contributed by atoms with E-state index < -0.39 is 0 Å². The van der Waals surface area contributed by atoms with Gasteiger partial charge in [0.2, 0.25) is 5.89 Å². The van der Waals surface area contributed by atoms with Crippen molar-refractivity contribution in [3.63, 3.8) is 0 Å². The molecule has 3 rings (SSSR count). The van der Waals surface area contributed by atoms with Crippen molar-refractivity contribution in [2.75, 3.05) is 14.2 Å². The monoisotopic (exact) mass is 311 g/mol. The zero-order valence-electron chi connectivity index (χ0n) is 13.3. The van der Waals surface area contributed by atoms with Gasteiger partial charge in [-0.25, -0.2) is 9.78 Å². The predicted molar refractivity (Wildman–Crippen MR) is 87.4 cm³/mol. The number of fused-ring (bicyclic) bond motifs is 1. The third-order valence-corrected chi connectivity index (χ3v) is 3.63. The Bertz CT molecular complexity index is 915. The molecule has 23 heavy (non-hydrogen) atoms. The molecule has 1 aromatic heterocycles. The van der Waals surface area contributed by atoms with E-state index in [1.807, 2.05) is 37.3 Å². The maximum atomic E-state index is 12.1.